The second-order valence-electron chi connectivity index (χ2n) is 5.87. The molecule has 3 aromatic rings. The van der Waals surface area contributed by atoms with E-state index in [1.54, 1.807) is 12.1 Å². The van der Waals surface area contributed by atoms with Gasteiger partial charge in [0.15, 0.2) is 0 Å². The van der Waals surface area contributed by atoms with E-state index in [2.05, 4.69) is 4.57 Å². The van der Waals surface area contributed by atoms with Crippen LogP contribution in [0.5, 0.6) is 0 Å². The summed E-state index contributed by atoms with van der Waals surface area (Å²) >= 11 is 0. The van der Waals surface area contributed by atoms with E-state index < -0.39 is 5.91 Å². The van der Waals surface area contributed by atoms with Crippen LogP contribution in [0.3, 0.4) is 0 Å². The highest BCUT2D eigenvalue weighted by atomic mass is 19.1. The number of hydrogen-bond donors (Lipinski definition) is 1. The number of benzene rings is 2. The Morgan fingerprint density at radius 3 is 2.38 bits per heavy atom. The van der Waals surface area contributed by atoms with Crippen LogP contribution in [0.15, 0.2) is 54.6 Å². The lowest BCUT2D eigenvalue weighted by Crippen LogP contribution is -2.13. The van der Waals surface area contributed by atoms with Crippen molar-refractivity contribution in [1.29, 1.82) is 0 Å². The van der Waals surface area contributed by atoms with E-state index in [1.165, 1.54) is 12.1 Å². The molecule has 0 saturated heterocycles. The number of halogens is 1. The van der Waals surface area contributed by atoms with Gasteiger partial charge in [-0.25, -0.2) is 4.39 Å². The van der Waals surface area contributed by atoms with Crippen LogP contribution < -0.4 is 5.73 Å². The van der Waals surface area contributed by atoms with Gasteiger partial charge in [-0.05, 0) is 37.1 Å². The molecule has 1 heterocycles. The standard InChI is InChI=1S/C20H19FN2O/c1-13-18(16-9-6-10-17(21)11-16)19(20(22)24)14(2)23(13)12-15-7-4-3-5-8-15/h3-11H,12H2,1-2H3,(H2,22,24). The molecular weight excluding hydrogens is 303 g/mol. The summed E-state index contributed by atoms with van der Waals surface area (Å²) in [5.41, 5.74) is 10.3. The van der Waals surface area contributed by atoms with Crippen molar-refractivity contribution in [3.05, 3.63) is 82.9 Å². The highest BCUT2D eigenvalue weighted by Crippen LogP contribution is 2.33. The highest BCUT2D eigenvalue weighted by Gasteiger charge is 2.22. The van der Waals surface area contributed by atoms with Crippen molar-refractivity contribution in [1.82, 2.24) is 4.57 Å². The lowest BCUT2D eigenvalue weighted by molar-refractivity contribution is 0.1000. The van der Waals surface area contributed by atoms with Crippen molar-refractivity contribution >= 4 is 5.91 Å². The van der Waals surface area contributed by atoms with Gasteiger partial charge >= 0.3 is 0 Å². The van der Waals surface area contributed by atoms with Crippen LogP contribution in [0.1, 0.15) is 27.3 Å². The van der Waals surface area contributed by atoms with Crippen molar-refractivity contribution in [2.75, 3.05) is 0 Å². The minimum Gasteiger partial charge on any atom is -0.366 e. The Bertz CT molecular complexity index is 898. The van der Waals surface area contributed by atoms with Gasteiger partial charge in [0.1, 0.15) is 5.82 Å². The highest BCUT2D eigenvalue weighted by molar-refractivity contribution is 6.02. The molecule has 0 fully saturated rings. The number of carbonyl (C=O) groups excluding carboxylic acids is 1. The van der Waals surface area contributed by atoms with Crippen molar-refractivity contribution < 1.29 is 9.18 Å². The summed E-state index contributed by atoms with van der Waals surface area (Å²) in [7, 11) is 0. The summed E-state index contributed by atoms with van der Waals surface area (Å²) in [6.07, 6.45) is 0. The fourth-order valence-corrected chi connectivity index (χ4v) is 3.19. The third-order valence-corrected chi connectivity index (χ3v) is 4.33. The topological polar surface area (TPSA) is 48.0 Å². The zero-order valence-corrected chi connectivity index (χ0v) is 13.7. The zero-order chi connectivity index (χ0) is 17.3. The molecule has 24 heavy (non-hydrogen) atoms. The fourth-order valence-electron chi connectivity index (χ4n) is 3.19. The predicted octanol–water partition coefficient (Wildman–Crippen LogP) is 4.06. The number of nitrogens with zero attached hydrogens (tertiary/aromatic N) is 1. The molecule has 0 aliphatic rings. The van der Waals surface area contributed by atoms with Crippen LogP contribution >= 0.6 is 0 Å². The minimum atomic E-state index is -0.498. The molecule has 4 heteroatoms. The molecule has 0 spiro atoms. The summed E-state index contributed by atoms with van der Waals surface area (Å²) in [5, 5.41) is 0. The van der Waals surface area contributed by atoms with E-state index in [1.807, 2.05) is 44.2 Å². The van der Waals surface area contributed by atoms with Gasteiger partial charge < -0.3 is 10.3 Å². The summed E-state index contributed by atoms with van der Waals surface area (Å²) in [5.74, 6) is -0.836. The average molecular weight is 322 g/mol. The number of amides is 1. The van der Waals surface area contributed by atoms with E-state index in [0.717, 1.165) is 17.0 Å². The van der Waals surface area contributed by atoms with Gasteiger partial charge in [-0.3, -0.25) is 4.79 Å². The van der Waals surface area contributed by atoms with E-state index in [-0.39, 0.29) is 5.82 Å². The SMILES string of the molecule is Cc1c(C(N)=O)c(-c2cccc(F)c2)c(C)n1Cc1ccccc1. The molecule has 0 atom stereocenters. The second kappa shape index (κ2) is 6.32. The normalized spacial score (nSPS) is 10.8. The van der Waals surface area contributed by atoms with Gasteiger partial charge in [0.2, 0.25) is 0 Å². The van der Waals surface area contributed by atoms with Crippen LogP contribution in [0.2, 0.25) is 0 Å². The van der Waals surface area contributed by atoms with Gasteiger partial charge in [-0.15, -0.1) is 0 Å². The second-order valence-corrected chi connectivity index (χ2v) is 5.87. The first-order valence-electron chi connectivity index (χ1n) is 7.78. The van der Waals surface area contributed by atoms with Crippen LogP contribution in [0, 0.1) is 19.7 Å². The van der Waals surface area contributed by atoms with Gasteiger partial charge in [0.05, 0.1) is 5.56 Å². The smallest absolute Gasteiger partial charge is 0.251 e. The van der Waals surface area contributed by atoms with Crippen LogP contribution in [0.4, 0.5) is 4.39 Å². The fraction of sp³-hybridized carbons (Fsp3) is 0.150. The average Bonchev–Trinajstić information content (AvgIpc) is 2.80. The van der Waals surface area contributed by atoms with Crippen LogP contribution in [0.25, 0.3) is 11.1 Å². The number of aromatic nitrogens is 1. The molecule has 3 nitrogen and oxygen atoms in total. The van der Waals surface area contributed by atoms with E-state index in [4.69, 9.17) is 5.73 Å². The molecule has 0 unspecified atom stereocenters. The number of hydrogen-bond acceptors (Lipinski definition) is 1. The maximum atomic E-state index is 13.6. The maximum Gasteiger partial charge on any atom is 0.251 e. The first kappa shape index (κ1) is 16.0. The summed E-state index contributed by atoms with van der Waals surface area (Å²) in [6.45, 7) is 4.44. The first-order chi connectivity index (χ1) is 11.5. The minimum absolute atomic E-state index is 0.337. The summed E-state index contributed by atoms with van der Waals surface area (Å²) in [4.78, 5) is 12.0. The van der Waals surface area contributed by atoms with Crippen molar-refractivity contribution in [3.8, 4) is 11.1 Å². The molecule has 3 rings (SSSR count). The van der Waals surface area contributed by atoms with Crippen molar-refractivity contribution in [2.45, 2.75) is 20.4 Å². The van der Waals surface area contributed by atoms with Gasteiger partial charge in [0.25, 0.3) is 5.91 Å². The number of primary amides is 1. The lowest BCUT2D eigenvalue weighted by atomic mass is 10.00. The Labute approximate surface area is 140 Å². The predicted molar refractivity (Wildman–Crippen MR) is 93.4 cm³/mol. The number of carbonyl (C=O) groups is 1. The molecule has 0 bridgehead atoms. The molecule has 1 amide bonds. The van der Waals surface area contributed by atoms with E-state index >= 15 is 0 Å². The summed E-state index contributed by atoms with van der Waals surface area (Å²) in [6, 6.07) is 16.2. The quantitative estimate of drug-likeness (QED) is 0.773. The Morgan fingerprint density at radius 2 is 1.75 bits per heavy atom. The molecule has 0 radical (unpaired) electrons. The third-order valence-electron chi connectivity index (χ3n) is 4.33. The zero-order valence-electron chi connectivity index (χ0n) is 13.7. The maximum absolute atomic E-state index is 13.6. The summed E-state index contributed by atoms with van der Waals surface area (Å²) < 4.78 is 15.7. The Morgan fingerprint density at radius 1 is 1.04 bits per heavy atom. The van der Waals surface area contributed by atoms with Crippen molar-refractivity contribution in [3.63, 3.8) is 0 Å². The Kier molecular flexibility index (Phi) is 4.21. The van der Waals surface area contributed by atoms with Crippen LogP contribution in [-0.4, -0.2) is 10.5 Å². The monoisotopic (exact) mass is 322 g/mol. The van der Waals surface area contributed by atoms with E-state index in [0.29, 0.717) is 23.2 Å². The molecule has 2 aromatic carbocycles. The van der Waals surface area contributed by atoms with Gasteiger partial charge in [0, 0.05) is 23.5 Å². The number of nitrogens with two attached hydrogens (primary N) is 1. The van der Waals surface area contributed by atoms with Crippen molar-refractivity contribution in [2.24, 2.45) is 5.73 Å². The Hall–Kier alpha value is -2.88. The molecule has 1 aromatic heterocycles. The Balaban J connectivity index is 2.19. The first-order valence-corrected chi connectivity index (χ1v) is 7.78. The molecule has 0 aliphatic heterocycles. The largest absolute Gasteiger partial charge is 0.366 e. The molecule has 122 valence electrons. The van der Waals surface area contributed by atoms with Crippen LogP contribution in [-0.2, 0) is 6.54 Å². The molecule has 0 saturated carbocycles. The lowest BCUT2D eigenvalue weighted by Gasteiger charge is -2.10. The third kappa shape index (κ3) is 2.83. The van der Waals surface area contributed by atoms with E-state index in [9.17, 15) is 9.18 Å². The number of rotatable bonds is 4. The van der Waals surface area contributed by atoms with Gasteiger partial charge in [-0.2, -0.15) is 0 Å². The molecule has 2 N–H and O–H groups in total. The molecule has 0 aliphatic carbocycles. The van der Waals surface area contributed by atoms with Gasteiger partial charge in [-0.1, -0.05) is 42.5 Å². The molecular formula is C20H19FN2O.